The zero-order chi connectivity index (χ0) is 15.0. The van der Waals surface area contributed by atoms with Crippen LogP contribution in [0.3, 0.4) is 0 Å². The molecule has 1 aromatic carbocycles. The van der Waals surface area contributed by atoms with Crippen molar-refractivity contribution in [1.29, 1.82) is 0 Å². The third-order valence-electron chi connectivity index (χ3n) is 2.82. The van der Waals surface area contributed by atoms with Crippen molar-refractivity contribution in [2.24, 2.45) is 0 Å². The number of hydrogen-bond donors (Lipinski definition) is 2. The van der Waals surface area contributed by atoms with Gasteiger partial charge in [-0.3, -0.25) is 4.79 Å². The Hall–Kier alpha value is -1.66. The summed E-state index contributed by atoms with van der Waals surface area (Å²) in [5.74, 6) is -0.407. The number of nitrogens with one attached hydrogen (secondary N) is 1. The molecule has 6 heteroatoms. The SMILES string of the molecule is CCN(C)C(=O)CNCC(O)COc1ccccc1F. The van der Waals surface area contributed by atoms with Crippen LogP contribution in [0.25, 0.3) is 0 Å². The summed E-state index contributed by atoms with van der Waals surface area (Å²) < 4.78 is 18.4. The Morgan fingerprint density at radius 2 is 2.20 bits per heavy atom. The molecule has 0 fully saturated rings. The molecule has 1 unspecified atom stereocenters. The maximum absolute atomic E-state index is 13.3. The average molecular weight is 284 g/mol. The van der Waals surface area contributed by atoms with Crippen molar-refractivity contribution in [2.75, 3.05) is 33.3 Å². The van der Waals surface area contributed by atoms with Crippen LogP contribution in [0.1, 0.15) is 6.92 Å². The predicted octanol–water partition coefficient (Wildman–Crippen LogP) is 0.633. The lowest BCUT2D eigenvalue weighted by Gasteiger charge is -2.16. The largest absolute Gasteiger partial charge is 0.488 e. The van der Waals surface area contributed by atoms with Gasteiger partial charge in [0.2, 0.25) is 5.91 Å². The number of aliphatic hydroxyl groups excluding tert-OH is 1. The molecule has 0 bridgehead atoms. The third kappa shape index (κ3) is 5.54. The van der Waals surface area contributed by atoms with E-state index in [4.69, 9.17) is 4.74 Å². The van der Waals surface area contributed by atoms with E-state index < -0.39 is 11.9 Å². The van der Waals surface area contributed by atoms with E-state index >= 15 is 0 Å². The standard InChI is InChI=1S/C14H21FN2O3/c1-3-17(2)14(19)9-16-8-11(18)10-20-13-7-5-4-6-12(13)15/h4-7,11,16,18H,3,8-10H2,1-2H3. The zero-order valence-corrected chi connectivity index (χ0v) is 11.8. The molecule has 0 heterocycles. The fourth-order valence-corrected chi connectivity index (χ4v) is 1.46. The van der Waals surface area contributed by atoms with Crippen molar-refractivity contribution >= 4 is 5.91 Å². The molecule has 0 aliphatic heterocycles. The summed E-state index contributed by atoms with van der Waals surface area (Å²) in [6, 6.07) is 6.01. The number of nitrogens with zero attached hydrogens (tertiary/aromatic N) is 1. The highest BCUT2D eigenvalue weighted by atomic mass is 19.1. The third-order valence-corrected chi connectivity index (χ3v) is 2.82. The highest BCUT2D eigenvalue weighted by Crippen LogP contribution is 2.15. The minimum atomic E-state index is -0.811. The molecule has 112 valence electrons. The molecule has 0 aliphatic rings. The van der Waals surface area contributed by atoms with Crippen molar-refractivity contribution in [3.8, 4) is 5.75 Å². The summed E-state index contributed by atoms with van der Waals surface area (Å²) in [5, 5.41) is 12.5. The molecule has 0 spiro atoms. The number of ether oxygens (including phenoxy) is 1. The van der Waals surface area contributed by atoms with Gasteiger partial charge in [0.25, 0.3) is 0 Å². The number of rotatable bonds is 8. The summed E-state index contributed by atoms with van der Waals surface area (Å²) in [6.07, 6.45) is -0.811. The molecule has 1 amide bonds. The second-order valence-corrected chi connectivity index (χ2v) is 4.43. The summed E-state index contributed by atoms with van der Waals surface area (Å²) in [5.41, 5.74) is 0. The van der Waals surface area contributed by atoms with Gasteiger partial charge in [-0.05, 0) is 19.1 Å². The number of benzene rings is 1. The van der Waals surface area contributed by atoms with Gasteiger partial charge >= 0.3 is 0 Å². The summed E-state index contributed by atoms with van der Waals surface area (Å²) in [7, 11) is 1.71. The maximum atomic E-state index is 13.3. The number of aliphatic hydroxyl groups is 1. The van der Waals surface area contributed by atoms with Gasteiger partial charge in [-0.15, -0.1) is 0 Å². The second-order valence-electron chi connectivity index (χ2n) is 4.43. The van der Waals surface area contributed by atoms with Crippen LogP contribution in [0.2, 0.25) is 0 Å². The van der Waals surface area contributed by atoms with E-state index in [-0.39, 0.29) is 31.4 Å². The highest BCUT2D eigenvalue weighted by molar-refractivity contribution is 5.77. The van der Waals surface area contributed by atoms with Crippen molar-refractivity contribution < 1.29 is 19.0 Å². The lowest BCUT2D eigenvalue weighted by molar-refractivity contribution is -0.128. The van der Waals surface area contributed by atoms with Crippen molar-refractivity contribution in [1.82, 2.24) is 10.2 Å². The number of amides is 1. The van der Waals surface area contributed by atoms with Crippen LogP contribution in [0.15, 0.2) is 24.3 Å². The Labute approximate surface area is 118 Å². The Bertz CT molecular complexity index is 429. The second kappa shape index (κ2) is 8.50. The molecular formula is C14H21FN2O3. The number of likely N-dealkylation sites (N-methyl/N-ethyl adjacent to an activating group) is 1. The minimum Gasteiger partial charge on any atom is -0.488 e. The Balaban J connectivity index is 2.23. The van der Waals surface area contributed by atoms with Gasteiger partial charge in [0.1, 0.15) is 12.7 Å². The quantitative estimate of drug-likeness (QED) is 0.735. The Morgan fingerprint density at radius 1 is 1.50 bits per heavy atom. The van der Waals surface area contributed by atoms with Gasteiger partial charge in [0.05, 0.1) is 6.54 Å². The first kappa shape index (κ1) is 16.4. The molecule has 2 N–H and O–H groups in total. The number of carbonyl (C=O) groups excluding carboxylic acids is 1. The van der Waals surface area contributed by atoms with E-state index in [1.807, 2.05) is 6.92 Å². The van der Waals surface area contributed by atoms with E-state index in [1.54, 1.807) is 24.1 Å². The Morgan fingerprint density at radius 3 is 2.85 bits per heavy atom. The van der Waals surface area contributed by atoms with Crippen LogP contribution in [0.4, 0.5) is 4.39 Å². The molecule has 0 aromatic heterocycles. The molecule has 20 heavy (non-hydrogen) atoms. The van der Waals surface area contributed by atoms with Gasteiger partial charge in [0.15, 0.2) is 11.6 Å². The lowest BCUT2D eigenvalue weighted by Crippen LogP contribution is -2.39. The summed E-state index contributed by atoms with van der Waals surface area (Å²) in [6.45, 7) is 2.85. The Kier molecular flexibility index (Phi) is 6.97. The van der Waals surface area contributed by atoms with Crippen LogP contribution >= 0.6 is 0 Å². The molecule has 5 nitrogen and oxygen atoms in total. The van der Waals surface area contributed by atoms with Crippen LogP contribution in [-0.2, 0) is 4.79 Å². The minimum absolute atomic E-state index is 0.0360. The monoisotopic (exact) mass is 284 g/mol. The van der Waals surface area contributed by atoms with E-state index in [0.29, 0.717) is 6.54 Å². The number of halogens is 1. The molecule has 0 saturated carbocycles. The topological polar surface area (TPSA) is 61.8 Å². The molecule has 0 aliphatic carbocycles. The highest BCUT2D eigenvalue weighted by Gasteiger charge is 2.10. The normalized spacial score (nSPS) is 12.0. The number of hydrogen-bond acceptors (Lipinski definition) is 4. The first-order valence-electron chi connectivity index (χ1n) is 6.54. The molecule has 0 radical (unpaired) electrons. The smallest absolute Gasteiger partial charge is 0.236 e. The van der Waals surface area contributed by atoms with Crippen molar-refractivity contribution in [2.45, 2.75) is 13.0 Å². The molecular weight excluding hydrogens is 263 g/mol. The van der Waals surface area contributed by atoms with Gasteiger partial charge < -0.3 is 20.1 Å². The van der Waals surface area contributed by atoms with Gasteiger partial charge in [0, 0.05) is 20.1 Å². The first-order chi connectivity index (χ1) is 9.54. The van der Waals surface area contributed by atoms with E-state index in [9.17, 15) is 14.3 Å². The maximum Gasteiger partial charge on any atom is 0.236 e. The van der Waals surface area contributed by atoms with Crippen LogP contribution in [0.5, 0.6) is 5.75 Å². The summed E-state index contributed by atoms with van der Waals surface area (Å²) in [4.78, 5) is 13.1. The van der Waals surface area contributed by atoms with Crippen molar-refractivity contribution in [3.63, 3.8) is 0 Å². The van der Waals surface area contributed by atoms with E-state index in [2.05, 4.69) is 5.32 Å². The lowest BCUT2D eigenvalue weighted by atomic mass is 10.3. The van der Waals surface area contributed by atoms with Crippen LogP contribution < -0.4 is 10.1 Å². The average Bonchev–Trinajstić information content (AvgIpc) is 2.45. The summed E-state index contributed by atoms with van der Waals surface area (Å²) >= 11 is 0. The predicted molar refractivity (Wildman–Crippen MR) is 74.1 cm³/mol. The fourth-order valence-electron chi connectivity index (χ4n) is 1.46. The van der Waals surface area contributed by atoms with E-state index in [0.717, 1.165) is 0 Å². The zero-order valence-electron chi connectivity index (χ0n) is 11.8. The molecule has 1 aromatic rings. The van der Waals surface area contributed by atoms with Crippen molar-refractivity contribution in [3.05, 3.63) is 30.1 Å². The van der Waals surface area contributed by atoms with Gasteiger partial charge in [-0.2, -0.15) is 0 Å². The molecule has 0 saturated heterocycles. The molecule has 1 rings (SSSR count). The van der Waals surface area contributed by atoms with Gasteiger partial charge in [-0.1, -0.05) is 12.1 Å². The molecule has 1 atom stereocenters. The van der Waals surface area contributed by atoms with Crippen LogP contribution in [0, 0.1) is 5.82 Å². The number of para-hydroxylation sites is 1. The van der Waals surface area contributed by atoms with Crippen LogP contribution in [-0.4, -0.2) is 55.3 Å². The first-order valence-corrected chi connectivity index (χ1v) is 6.54. The van der Waals surface area contributed by atoms with E-state index in [1.165, 1.54) is 12.1 Å². The number of carbonyl (C=O) groups is 1. The fraction of sp³-hybridized carbons (Fsp3) is 0.500. The van der Waals surface area contributed by atoms with Gasteiger partial charge in [-0.25, -0.2) is 4.39 Å².